The van der Waals surface area contributed by atoms with Crippen molar-refractivity contribution in [3.8, 4) is 23.0 Å². The van der Waals surface area contributed by atoms with Crippen molar-refractivity contribution in [3.05, 3.63) is 47.0 Å². The molecule has 2 aromatic carbocycles. The Balaban J connectivity index is 1.93. The first kappa shape index (κ1) is 26.0. The zero-order valence-corrected chi connectivity index (χ0v) is 20.2. The highest BCUT2D eigenvalue weighted by molar-refractivity contribution is 5.99. The summed E-state index contributed by atoms with van der Waals surface area (Å²) in [5, 5.41) is 19.7. The molecule has 1 atom stereocenters. The second kappa shape index (κ2) is 11.1. The fraction of sp³-hybridized carbons (Fsp3) is 0.462. The Hall–Kier alpha value is -3.22. The number of hydrogen-bond donors (Lipinski definition) is 2. The number of ether oxygens (including phenoxy) is 3. The predicted molar refractivity (Wildman–Crippen MR) is 126 cm³/mol. The maximum atomic E-state index is 12.5. The van der Waals surface area contributed by atoms with Crippen LogP contribution in [-0.2, 0) is 0 Å². The summed E-state index contributed by atoms with van der Waals surface area (Å²) in [7, 11) is 1.50. The van der Waals surface area contributed by atoms with Gasteiger partial charge in [-0.25, -0.2) is 4.79 Å². The van der Waals surface area contributed by atoms with Crippen LogP contribution >= 0.6 is 0 Å². The van der Waals surface area contributed by atoms with Crippen LogP contribution in [0.1, 0.15) is 66.8 Å². The van der Waals surface area contributed by atoms with E-state index in [0.717, 1.165) is 0 Å². The van der Waals surface area contributed by atoms with Crippen molar-refractivity contribution < 1.29 is 34.0 Å². The Labute approximate surface area is 195 Å². The summed E-state index contributed by atoms with van der Waals surface area (Å²) < 4.78 is 16.9. The maximum Gasteiger partial charge on any atom is 0.335 e. The number of hydrogen-bond acceptors (Lipinski definition) is 6. The zero-order chi connectivity index (χ0) is 24.8. The highest BCUT2D eigenvalue weighted by Crippen LogP contribution is 2.33. The van der Waals surface area contributed by atoms with E-state index in [0.29, 0.717) is 54.4 Å². The van der Waals surface area contributed by atoms with Gasteiger partial charge in [0, 0.05) is 12.0 Å². The van der Waals surface area contributed by atoms with Gasteiger partial charge in [-0.05, 0) is 55.0 Å². The van der Waals surface area contributed by atoms with Crippen molar-refractivity contribution in [1.82, 2.24) is 0 Å². The molecule has 0 heterocycles. The van der Waals surface area contributed by atoms with Gasteiger partial charge in [-0.15, -0.1) is 0 Å². The summed E-state index contributed by atoms with van der Waals surface area (Å²) in [6.45, 7) is 10.4. The molecule has 7 nitrogen and oxygen atoms in total. The van der Waals surface area contributed by atoms with E-state index in [1.54, 1.807) is 25.1 Å². The average Bonchev–Trinajstić information content (AvgIpc) is 2.73. The van der Waals surface area contributed by atoms with Crippen molar-refractivity contribution in [2.45, 2.75) is 47.5 Å². The molecule has 0 aliphatic heterocycles. The molecule has 2 aromatic rings. The first-order valence-corrected chi connectivity index (χ1v) is 11.0. The topological polar surface area (TPSA) is 102 Å². The van der Waals surface area contributed by atoms with E-state index >= 15 is 0 Å². The number of carbonyl (C=O) groups excluding carboxylic acids is 1. The van der Waals surface area contributed by atoms with Crippen LogP contribution in [0.4, 0.5) is 0 Å². The molecule has 1 unspecified atom stereocenters. The summed E-state index contributed by atoms with van der Waals surface area (Å²) >= 11 is 0. The monoisotopic (exact) mass is 458 g/mol. The van der Waals surface area contributed by atoms with E-state index < -0.39 is 5.97 Å². The van der Waals surface area contributed by atoms with Gasteiger partial charge >= 0.3 is 5.97 Å². The smallest absolute Gasteiger partial charge is 0.335 e. The van der Waals surface area contributed by atoms with E-state index in [4.69, 9.17) is 19.3 Å². The number of aromatic hydroxyl groups is 1. The van der Waals surface area contributed by atoms with Gasteiger partial charge in [0.05, 0.1) is 31.5 Å². The van der Waals surface area contributed by atoms with Gasteiger partial charge in [0.2, 0.25) is 0 Å². The van der Waals surface area contributed by atoms with Crippen LogP contribution in [0.25, 0.3) is 0 Å². The third-order valence-corrected chi connectivity index (χ3v) is 5.17. The van der Waals surface area contributed by atoms with Crippen LogP contribution in [-0.4, -0.2) is 42.3 Å². The number of phenols is 1. The van der Waals surface area contributed by atoms with E-state index in [1.807, 2.05) is 27.7 Å². The minimum Gasteiger partial charge on any atom is -0.507 e. The van der Waals surface area contributed by atoms with Gasteiger partial charge in [0.25, 0.3) is 0 Å². The molecule has 0 fully saturated rings. The lowest BCUT2D eigenvalue weighted by Gasteiger charge is -2.19. The second-order valence-electron chi connectivity index (χ2n) is 9.47. The van der Waals surface area contributed by atoms with Gasteiger partial charge in [-0.3, -0.25) is 4.79 Å². The number of aromatic carboxylic acids is 1. The molecule has 7 heteroatoms. The number of benzene rings is 2. The molecule has 0 aliphatic rings. The molecule has 0 saturated carbocycles. The summed E-state index contributed by atoms with van der Waals surface area (Å²) in [5.41, 5.74) is 0.813. The minimum absolute atomic E-state index is 0.0384. The summed E-state index contributed by atoms with van der Waals surface area (Å²) in [4.78, 5) is 23.7. The number of Topliss-reactive ketones (excluding diaryl/α,β-unsaturated/α-hetero) is 1. The summed E-state index contributed by atoms with van der Waals surface area (Å²) in [6.07, 6.45) is 1.02. The molecule has 0 aromatic heterocycles. The van der Waals surface area contributed by atoms with E-state index in [9.17, 15) is 14.7 Å². The van der Waals surface area contributed by atoms with Crippen LogP contribution in [0, 0.1) is 18.3 Å². The number of rotatable bonds is 11. The molecule has 33 heavy (non-hydrogen) atoms. The third kappa shape index (κ3) is 7.41. The molecule has 0 bridgehead atoms. The highest BCUT2D eigenvalue weighted by atomic mass is 16.5. The lowest BCUT2D eigenvalue weighted by molar-refractivity contribution is 0.0695. The summed E-state index contributed by atoms with van der Waals surface area (Å²) in [6, 6.07) is 7.80. The van der Waals surface area contributed by atoms with E-state index in [2.05, 4.69) is 0 Å². The number of ketones is 1. The molecule has 0 radical (unpaired) electrons. The number of phenolic OH excluding ortho intramolecular Hbond substituents is 1. The Morgan fingerprint density at radius 1 is 1.03 bits per heavy atom. The third-order valence-electron chi connectivity index (χ3n) is 5.17. The Morgan fingerprint density at radius 2 is 1.70 bits per heavy atom. The first-order valence-electron chi connectivity index (χ1n) is 11.0. The van der Waals surface area contributed by atoms with Crippen LogP contribution in [0.3, 0.4) is 0 Å². The fourth-order valence-corrected chi connectivity index (χ4v) is 3.25. The molecule has 2 N–H and O–H groups in total. The molecule has 0 aliphatic carbocycles. The van der Waals surface area contributed by atoms with Crippen molar-refractivity contribution in [1.29, 1.82) is 0 Å². The van der Waals surface area contributed by atoms with Crippen molar-refractivity contribution >= 4 is 11.8 Å². The number of carbonyl (C=O) groups is 2. The summed E-state index contributed by atoms with van der Waals surface area (Å²) in [5.74, 6) is 0.325. The number of carboxylic acids is 1. The lowest BCUT2D eigenvalue weighted by Crippen LogP contribution is -2.14. The maximum absolute atomic E-state index is 12.5. The Morgan fingerprint density at radius 3 is 2.30 bits per heavy atom. The molecule has 0 saturated heterocycles. The van der Waals surface area contributed by atoms with Gasteiger partial charge in [0.1, 0.15) is 11.5 Å². The van der Waals surface area contributed by atoms with Crippen LogP contribution in [0.2, 0.25) is 0 Å². The normalized spacial score (nSPS) is 12.2. The highest BCUT2D eigenvalue weighted by Gasteiger charge is 2.22. The lowest BCUT2D eigenvalue weighted by atomic mass is 9.87. The molecule has 180 valence electrons. The number of carboxylic acid groups (broad SMARTS) is 1. The van der Waals surface area contributed by atoms with Crippen molar-refractivity contribution in [3.63, 3.8) is 0 Å². The quantitative estimate of drug-likeness (QED) is 0.428. The van der Waals surface area contributed by atoms with E-state index in [-0.39, 0.29) is 28.4 Å². The molecule has 2 rings (SSSR count). The number of methoxy groups -OCH3 is 1. The van der Waals surface area contributed by atoms with Crippen LogP contribution in [0.15, 0.2) is 30.3 Å². The van der Waals surface area contributed by atoms with Gasteiger partial charge in [-0.2, -0.15) is 0 Å². The average molecular weight is 459 g/mol. The minimum atomic E-state index is -1.03. The molecule has 0 spiro atoms. The van der Waals surface area contributed by atoms with Gasteiger partial charge in [0.15, 0.2) is 17.3 Å². The second-order valence-corrected chi connectivity index (χ2v) is 9.47. The van der Waals surface area contributed by atoms with E-state index in [1.165, 1.54) is 19.2 Å². The molecular weight excluding hydrogens is 424 g/mol. The first-order chi connectivity index (χ1) is 15.4. The molecule has 0 amide bonds. The Bertz CT molecular complexity index is 989. The molecular formula is C26H34O7. The fourth-order valence-electron chi connectivity index (χ4n) is 3.25. The van der Waals surface area contributed by atoms with Crippen molar-refractivity contribution in [2.24, 2.45) is 11.3 Å². The zero-order valence-electron chi connectivity index (χ0n) is 20.2. The largest absolute Gasteiger partial charge is 0.507 e. The Kier molecular flexibility index (Phi) is 8.74. The van der Waals surface area contributed by atoms with Crippen LogP contribution in [0.5, 0.6) is 23.0 Å². The van der Waals surface area contributed by atoms with Gasteiger partial charge in [-0.1, -0.05) is 27.7 Å². The van der Waals surface area contributed by atoms with Crippen LogP contribution < -0.4 is 14.2 Å². The SMILES string of the molecule is COc1ccc(C(=O)O)cc1OCC(C)CCOc1ccc(C(=O)CC(C)(C)C)c(O)c1C. The standard InChI is InChI=1S/C26H34O7/c1-16(15-33-23-13-18(25(29)30)7-9-22(23)31-6)11-12-32-21-10-8-19(24(28)17(21)2)20(27)14-26(3,4)5/h7-10,13,16,28H,11-12,14-15H2,1-6H3,(H,29,30). The predicted octanol–water partition coefficient (Wildman–Crippen LogP) is 5.51. The van der Waals surface area contributed by atoms with Crippen molar-refractivity contribution in [2.75, 3.05) is 20.3 Å². The van der Waals surface area contributed by atoms with Gasteiger partial charge < -0.3 is 24.4 Å².